The second kappa shape index (κ2) is 9.22. The van der Waals surface area contributed by atoms with Gasteiger partial charge < -0.3 is 0 Å². The summed E-state index contributed by atoms with van der Waals surface area (Å²) in [4.78, 5) is 22.5. The monoisotopic (exact) mass is 484 g/mol. The minimum absolute atomic E-state index is 0.0194. The van der Waals surface area contributed by atoms with E-state index in [9.17, 15) is 14.9 Å². The van der Waals surface area contributed by atoms with Gasteiger partial charge in [-0.15, -0.1) is 0 Å². The molecule has 0 unspecified atom stereocenters. The Balaban J connectivity index is 2.24. The molecule has 140 valence electrons. The average molecular weight is 484 g/mol. The number of anilines is 1. The van der Waals surface area contributed by atoms with Gasteiger partial charge in [-0.2, -0.15) is 0 Å². The van der Waals surface area contributed by atoms with Gasteiger partial charge in [0.2, 0.25) is 0 Å². The van der Waals surface area contributed by atoms with E-state index in [1.54, 1.807) is 22.8 Å². The number of nitro benzene ring substituents is 1. The van der Waals surface area contributed by atoms with Crippen LogP contribution in [0.1, 0.15) is 29.8 Å². The van der Waals surface area contributed by atoms with E-state index in [4.69, 9.17) is 24.1 Å². The minimum atomic E-state index is -2.08. The summed E-state index contributed by atoms with van der Waals surface area (Å²) in [6, 6.07) is 10.5. The summed E-state index contributed by atoms with van der Waals surface area (Å²) >= 11 is -2.08. The zero-order valence-corrected chi connectivity index (χ0v) is 17.1. The maximum absolute atomic E-state index is 12.3. The Morgan fingerprint density at radius 2 is 1.88 bits per heavy atom. The van der Waals surface area contributed by atoms with Gasteiger partial charge in [0.15, 0.2) is 0 Å². The Hall–Kier alpha value is -1.82. The molecule has 0 aromatic heterocycles. The van der Waals surface area contributed by atoms with Crippen LogP contribution >= 0.6 is 19.4 Å². The Morgan fingerprint density at radius 1 is 1.23 bits per heavy atom. The van der Waals surface area contributed by atoms with Gasteiger partial charge in [-0.1, -0.05) is 0 Å². The summed E-state index contributed by atoms with van der Waals surface area (Å²) in [7, 11) is 11.9. The van der Waals surface area contributed by atoms with Gasteiger partial charge in [-0.25, -0.2) is 0 Å². The summed E-state index contributed by atoms with van der Waals surface area (Å²) in [5.74, 6) is 0.252. The predicted molar refractivity (Wildman–Crippen MR) is 100 cm³/mol. The van der Waals surface area contributed by atoms with Crippen LogP contribution in [0.25, 0.3) is 0 Å². The van der Waals surface area contributed by atoms with Crippen molar-refractivity contribution in [2.45, 2.75) is 20.0 Å². The van der Waals surface area contributed by atoms with Gasteiger partial charge in [0.05, 0.1) is 0 Å². The molecular formula is C17H16Cl2N2O4Ru. The Morgan fingerprint density at radius 3 is 2.42 bits per heavy atom. The van der Waals surface area contributed by atoms with Crippen LogP contribution in [-0.4, -0.2) is 21.5 Å². The number of nitrogens with zero attached hydrogens (tertiary/aromatic N) is 1. The van der Waals surface area contributed by atoms with Crippen LogP contribution in [0.2, 0.25) is 0 Å². The standard InChI is InChI=1S/C17H16N2O4.2ClH.Ru/c1-11(2)23-16-9-6-14(10-12(16)3)18-17(20)13-4-7-15(8-5-13)19(21)22;;;/h3-11H,1-2H3,(H,18,20);2*1H;/q;;;+2/p-2. The number of nitro groups is 1. The maximum atomic E-state index is 12.3. The summed E-state index contributed by atoms with van der Waals surface area (Å²) in [5, 5.41) is 13.4. The van der Waals surface area contributed by atoms with Crippen molar-refractivity contribution >= 4 is 41.3 Å². The van der Waals surface area contributed by atoms with Crippen molar-refractivity contribution in [2.24, 2.45) is 0 Å². The molecule has 1 N–H and O–H groups in total. The van der Waals surface area contributed by atoms with Crippen LogP contribution in [0.15, 0.2) is 42.5 Å². The number of carbonyl (C=O) groups excluding carboxylic acids is 1. The predicted octanol–water partition coefficient (Wildman–Crippen LogP) is 4.71. The summed E-state index contributed by atoms with van der Waals surface area (Å²) in [6.45, 7) is 3.81. The quantitative estimate of drug-likeness (QED) is 0.366. The number of halogens is 2. The van der Waals surface area contributed by atoms with E-state index in [2.05, 4.69) is 5.32 Å². The number of non-ortho nitro benzene ring substituents is 1. The first-order valence-corrected chi connectivity index (χ1v) is 12.9. The molecule has 0 aliphatic carbocycles. The van der Waals surface area contributed by atoms with Gasteiger partial charge in [-0.05, 0) is 0 Å². The van der Waals surface area contributed by atoms with Gasteiger partial charge in [0.25, 0.3) is 0 Å². The van der Waals surface area contributed by atoms with Gasteiger partial charge in [0, 0.05) is 0 Å². The van der Waals surface area contributed by atoms with Crippen molar-refractivity contribution in [1.82, 2.24) is 0 Å². The topological polar surface area (TPSA) is 81.5 Å². The number of amides is 1. The molecule has 0 saturated carbocycles. The number of carbonyl (C=O) groups is 1. The fourth-order valence-electron chi connectivity index (χ4n) is 2.09. The number of nitrogens with one attached hydrogen (secondary N) is 1. The molecule has 0 atom stereocenters. The van der Waals surface area contributed by atoms with Crippen molar-refractivity contribution in [3.63, 3.8) is 0 Å². The molecule has 2 aromatic rings. The molecule has 2 rings (SSSR count). The molecule has 6 nitrogen and oxygen atoms in total. The van der Waals surface area contributed by atoms with E-state index in [0.717, 1.165) is 0 Å². The number of benzene rings is 2. The molecule has 9 heteroatoms. The third-order valence-corrected chi connectivity index (χ3v) is 4.99. The van der Waals surface area contributed by atoms with Crippen LogP contribution in [0, 0.1) is 10.1 Å². The molecule has 2 aromatic carbocycles. The molecule has 0 aliphatic rings. The Kier molecular flexibility index (Phi) is 7.26. The zero-order valence-electron chi connectivity index (χ0n) is 13.9. The number of hydrogen-bond donors (Lipinski definition) is 1. The van der Waals surface area contributed by atoms with Crippen LogP contribution in [0.3, 0.4) is 0 Å². The molecule has 0 bridgehead atoms. The Bertz CT molecular complexity index is 850. The van der Waals surface area contributed by atoms with E-state index in [1.807, 2.05) is 13.8 Å². The van der Waals surface area contributed by atoms with Crippen molar-refractivity contribution in [3.05, 3.63) is 63.7 Å². The molecule has 0 aliphatic heterocycles. The summed E-state index contributed by atoms with van der Waals surface area (Å²) in [6.07, 6.45) is -0.0194. The first-order chi connectivity index (χ1) is 12.3. The number of ether oxygens (including phenoxy) is 1. The van der Waals surface area contributed by atoms with Crippen LogP contribution in [0.4, 0.5) is 11.4 Å². The molecule has 0 fully saturated rings. The van der Waals surface area contributed by atoms with Crippen LogP contribution in [0.5, 0.6) is 5.75 Å². The third kappa shape index (κ3) is 5.87. The Labute approximate surface area is 163 Å². The zero-order chi connectivity index (χ0) is 19.3. The molecular weight excluding hydrogens is 468 g/mol. The third-order valence-electron chi connectivity index (χ3n) is 3.16. The van der Waals surface area contributed by atoms with E-state index in [1.165, 1.54) is 24.3 Å². The number of rotatable bonds is 6. The second-order valence-corrected chi connectivity index (χ2v) is 11.2. The average Bonchev–Trinajstić information content (AvgIpc) is 2.56. The first kappa shape index (κ1) is 20.5. The summed E-state index contributed by atoms with van der Waals surface area (Å²) in [5.41, 5.74) is 1.49. The van der Waals surface area contributed by atoms with Crippen molar-refractivity contribution < 1.29 is 28.0 Å². The molecule has 26 heavy (non-hydrogen) atoms. The first-order valence-electron chi connectivity index (χ1n) is 7.46. The van der Waals surface area contributed by atoms with Crippen LogP contribution in [-0.2, 0) is 13.5 Å². The summed E-state index contributed by atoms with van der Waals surface area (Å²) < 4.78 is 7.47. The van der Waals surface area contributed by atoms with Gasteiger partial charge in [-0.3, -0.25) is 0 Å². The molecule has 0 heterocycles. The molecule has 0 radical (unpaired) electrons. The normalized spacial score (nSPS) is 11.0. The van der Waals surface area contributed by atoms with Gasteiger partial charge in [0.1, 0.15) is 0 Å². The van der Waals surface area contributed by atoms with Crippen molar-refractivity contribution in [3.8, 4) is 5.75 Å². The van der Waals surface area contributed by atoms with E-state index in [0.29, 0.717) is 22.6 Å². The van der Waals surface area contributed by atoms with Crippen molar-refractivity contribution in [2.75, 3.05) is 5.32 Å². The SMILES string of the molecule is CC(C)Oc1ccc(NC(=O)c2ccc([N+](=O)[O-])cc2)cc1[CH]=[Ru]([Cl])[Cl]. The van der Waals surface area contributed by atoms with E-state index < -0.39 is 18.4 Å². The van der Waals surface area contributed by atoms with Crippen molar-refractivity contribution in [1.29, 1.82) is 0 Å². The van der Waals surface area contributed by atoms with Crippen LogP contribution < -0.4 is 10.1 Å². The fraction of sp³-hybridized carbons (Fsp3) is 0.176. The number of hydrogen-bond acceptors (Lipinski definition) is 4. The molecule has 1 amide bonds. The molecule has 0 saturated heterocycles. The van der Waals surface area contributed by atoms with E-state index in [-0.39, 0.29) is 17.7 Å². The van der Waals surface area contributed by atoms with E-state index >= 15 is 0 Å². The fourth-order valence-corrected chi connectivity index (χ4v) is 3.87. The molecule has 0 spiro atoms. The second-order valence-electron chi connectivity index (χ2n) is 5.48. The van der Waals surface area contributed by atoms with Gasteiger partial charge >= 0.3 is 164 Å².